The number of aromatic amines is 1. The second-order valence-electron chi connectivity index (χ2n) is 3.46. The third-order valence-electron chi connectivity index (χ3n) is 2.39. The summed E-state index contributed by atoms with van der Waals surface area (Å²) in [6, 6.07) is 3.08. The van der Waals surface area contributed by atoms with E-state index in [1.807, 2.05) is 0 Å². The first-order chi connectivity index (χ1) is 7.54. The molecule has 0 saturated heterocycles. The van der Waals surface area contributed by atoms with Crippen molar-refractivity contribution < 1.29 is 13.9 Å². The highest BCUT2D eigenvalue weighted by atomic mass is 35.5. The summed E-state index contributed by atoms with van der Waals surface area (Å²) < 4.78 is 18.1. The number of nitrogens with one attached hydrogen (secondary N) is 1. The molecule has 0 amide bonds. The molecule has 3 nitrogen and oxygen atoms in total. The average Bonchev–Trinajstić information content (AvgIpc) is 2.69. The first-order valence-electron chi connectivity index (χ1n) is 4.60. The van der Waals surface area contributed by atoms with Gasteiger partial charge in [0.25, 0.3) is 0 Å². The molecule has 0 aliphatic heterocycles. The lowest BCUT2D eigenvalue weighted by atomic mass is 10.1. The Hall–Kier alpha value is -1.55. The lowest BCUT2D eigenvalue weighted by molar-refractivity contribution is 0.0595. The molecule has 0 aliphatic carbocycles. The minimum Gasteiger partial charge on any atom is -0.464 e. The maximum absolute atomic E-state index is 13.5. The number of carbonyl (C=O) groups is 1. The summed E-state index contributed by atoms with van der Waals surface area (Å²) in [6.45, 7) is 1.61. The van der Waals surface area contributed by atoms with Crippen molar-refractivity contribution in [1.29, 1.82) is 0 Å². The number of rotatable bonds is 1. The van der Waals surface area contributed by atoms with Crippen LogP contribution in [0.3, 0.4) is 0 Å². The first kappa shape index (κ1) is 11.0. The van der Waals surface area contributed by atoms with Crippen molar-refractivity contribution in [3.8, 4) is 0 Å². The maximum atomic E-state index is 13.5. The van der Waals surface area contributed by atoms with Gasteiger partial charge in [-0.3, -0.25) is 0 Å². The van der Waals surface area contributed by atoms with E-state index in [0.717, 1.165) is 0 Å². The molecule has 84 valence electrons. The molecule has 1 aromatic heterocycles. The van der Waals surface area contributed by atoms with Gasteiger partial charge in [0.15, 0.2) is 0 Å². The van der Waals surface area contributed by atoms with E-state index >= 15 is 0 Å². The molecule has 0 saturated carbocycles. The van der Waals surface area contributed by atoms with Crippen LogP contribution in [0.1, 0.15) is 16.1 Å². The van der Waals surface area contributed by atoms with Gasteiger partial charge in [-0.15, -0.1) is 0 Å². The quantitative estimate of drug-likeness (QED) is 0.780. The fourth-order valence-corrected chi connectivity index (χ4v) is 1.86. The SMILES string of the molecule is COC(=O)c1cc2c(Cl)c(F)c(C)cc2[nH]1. The number of H-pyrrole nitrogens is 1. The summed E-state index contributed by atoms with van der Waals surface area (Å²) in [5.41, 5.74) is 1.30. The monoisotopic (exact) mass is 241 g/mol. The molecule has 16 heavy (non-hydrogen) atoms. The highest BCUT2D eigenvalue weighted by Gasteiger charge is 2.15. The Kier molecular flexibility index (Phi) is 2.59. The number of halogens is 2. The second kappa shape index (κ2) is 3.79. The highest BCUT2D eigenvalue weighted by Crippen LogP contribution is 2.29. The minimum atomic E-state index is -0.509. The van der Waals surface area contributed by atoms with E-state index in [-0.39, 0.29) is 10.7 Å². The van der Waals surface area contributed by atoms with Crippen LogP contribution in [-0.4, -0.2) is 18.1 Å². The standard InChI is InChI=1S/C11H9ClFNO2/c1-5-3-7-6(9(12)10(5)13)4-8(14-7)11(15)16-2/h3-4,14H,1-2H3. The van der Waals surface area contributed by atoms with Gasteiger partial charge in [0, 0.05) is 10.9 Å². The van der Waals surface area contributed by atoms with Crippen LogP contribution in [0.15, 0.2) is 12.1 Å². The van der Waals surface area contributed by atoms with Crippen LogP contribution in [-0.2, 0) is 4.74 Å². The number of aryl methyl sites for hydroxylation is 1. The molecular formula is C11H9ClFNO2. The number of hydrogen-bond acceptors (Lipinski definition) is 2. The van der Waals surface area contributed by atoms with Gasteiger partial charge in [-0.1, -0.05) is 11.6 Å². The van der Waals surface area contributed by atoms with Crippen LogP contribution in [0.5, 0.6) is 0 Å². The van der Waals surface area contributed by atoms with Crippen molar-refractivity contribution in [3.05, 3.63) is 34.2 Å². The van der Waals surface area contributed by atoms with E-state index in [2.05, 4.69) is 9.72 Å². The van der Waals surface area contributed by atoms with Crippen LogP contribution in [0.25, 0.3) is 10.9 Å². The van der Waals surface area contributed by atoms with Crippen LogP contribution >= 0.6 is 11.6 Å². The zero-order chi connectivity index (χ0) is 11.9. The molecule has 0 atom stereocenters. The Morgan fingerprint density at radius 2 is 2.19 bits per heavy atom. The fourth-order valence-electron chi connectivity index (χ4n) is 1.56. The third-order valence-corrected chi connectivity index (χ3v) is 2.76. The maximum Gasteiger partial charge on any atom is 0.354 e. The molecule has 2 rings (SSSR count). The Labute approximate surface area is 96.2 Å². The number of fused-ring (bicyclic) bond motifs is 1. The van der Waals surface area contributed by atoms with E-state index in [1.54, 1.807) is 13.0 Å². The molecule has 0 fully saturated rings. The third kappa shape index (κ3) is 1.55. The first-order valence-corrected chi connectivity index (χ1v) is 4.98. The lowest BCUT2D eigenvalue weighted by Crippen LogP contribution is -2.00. The summed E-state index contributed by atoms with van der Waals surface area (Å²) in [4.78, 5) is 14.1. The molecular weight excluding hydrogens is 233 g/mol. The molecule has 0 radical (unpaired) electrons. The van der Waals surface area contributed by atoms with Gasteiger partial charge in [0.2, 0.25) is 0 Å². The van der Waals surface area contributed by atoms with Crippen molar-refractivity contribution in [2.45, 2.75) is 6.92 Å². The van der Waals surface area contributed by atoms with E-state index < -0.39 is 11.8 Å². The van der Waals surface area contributed by atoms with Gasteiger partial charge in [0.05, 0.1) is 12.1 Å². The number of aromatic nitrogens is 1. The predicted molar refractivity (Wildman–Crippen MR) is 59.3 cm³/mol. The Bertz CT molecular complexity index is 577. The Balaban J connectivity index is 2.71. The Morgan fingerprint density at radius 3 is 2.81 bits per heavy atom. The van der Waals surface area contributed by atoms with Crippen LogP contribution in [0.4, 0.5) is 4.39 Å². The highest BCUT2D eigenvalue weighted by molar-refractivity contribution is 6.35. The van der Waals surface area contributed by atoms with E-state index in [0.29, 0.717) is 16.5 Å². The summed E-state index contributed by atoms with van der Waals surface area (Å²) in [5, 5.41) is 0.492. The normalized spacial score (nSPS) is 10.8. The molecule has 1 heterocycles. The van der Waals surface area contributed by atoms with Crippen LogP contribution < -0.4 is 0 Å². The van der Waals surface area contributed by atoms with Crippen molar-refractivity contribution in [1.82, 2.24) is 4.98 Å². The number of esters is 1. The smallest absolute Gasteiger partial charge is 0.354 e. The molecule has 2 aromatic rings. The topological polar surface area (TPSA) is 42.1 Å². The van der Waals surface area contributed by atoms with E-state index in [4.69, 9.17) is 11.6 Å². The predicted octanol–water partition coefficient (Wildman–Crippen LogP) is 3.06. The fraction of sp³-hybridized carbons (Fsp3) is 0.182. The number of benzene rings is 1. The largest absolute Gasteiger partial charge is 0.464 e. The molecule has 0 spiro atoms. The minimum absolute atomic E-state index is 0.0152. The number of ether oxygens (including phenoxy) is 1. The zero-order valence-corrected chi connectivity index (χ0v) is 9.48. The van der Waals surface area contributed by atoms with Crippen molar-refractivity contribution in [2.24, 2.45) is 0 Å². The second-order valence-corrected chi connectivity index (χ2v) is 3.84. The number of carbonyl (C=O) groups excluding carboxylic acids is 1. The van der Waals surface area contributed by atoms with Gasteiger partial charge in [-0.25, -0.2) is 9.18 Å². The summed E-state index contributed by atoms with van der Waals surface area (Å²) in [5.74, 6) is -0.977. The van der Waals surface area contributed by atoms with Gasteiger partial charge in [-0.05, 0) is 24.6 Å². The Morgan fingerprint density at radius 1 is 1.50 bits per heavy atom. The van der Waals surface area contributed by atoms with Gasteiger partial charge in [-0.2, -0.15) is 0 Å². The molecule has 0 bridgehead atoms. The van der Waals surface area contributed by atoms with E-state index in [1.165, 1.54) is 13.2 Å². The van der Waals surface area contributed by atoms with Gasteiger partial charge in [0.1, 0.15) is 11.5 Å². The van der Waals surface area contributed by atoms with Crippen LogP contribution in [0, 0.1) is 12.7 Å². The summed E-state index contributed by atoms with van der Waals surface area (Å²) in [7, 11) is 1.28. The molecule has 5 heteroatoms. The van der Waals surface area contributed by atoms with Crippen molar-refractivity contribution in [2.75, 3.05) is 7.11 Å². The average molecular weight is 242 g/mol. The van der Waals surface area contributed by atoms with Gasteiger partial charge < -0.3 is 9.72 Å². The van der Waals surface area contributed by atoms with Gasteiger partial charge >= 0.3 is 5.97 Å². The molecule has 0 unspecified atom stereocenters. The molecule has 1 N–H and O–H groups in total. The summed E-state index contributed by atoms with van der Waals surface area (Å²) >= 11 is 5.85. The molecule has 1 aromatic carbocycles. The van der Waals surface area contributed by atoms with Crippen molar-refractivity contribution in [3.63, 3.8) is 0 Å². The molecule has 0 aliphatic rings. The van der Waals surface area contributed by atoms with Crippen molar-refractivity contribution >= 4 is 28.5 Å². The number of hydrogen-bond donors (Lipinski definition) is 1. The zero-order valence-electron chi connectivity index (χ0n) is 8.73. The lowest BCUT2D eigenvalue weighted by Gasteiger charge is -1.99. The van der Waals surface area contributed by atoms with E-state index in [9.17, 15) is 9.18 Å². The summed E-state index contributed by atoms with van der Waals surface area (Å²) in [6.07, 6.45) is 0. The van der Waals surface area contributed by atoms with Crippen LogP contribution in [0.2, 0.25) is 5.02 Å². The number of methoxy groups -OCH3 is 1.